The second kappa shape index (κ2) is 8.47. The number of aromatic nitrogens is 5. The highest BCUT2D eigenvalue weighted by Crippen LogP contribution is 2.29. The Hall–Kier alpha value is -3.65. The lowest BCUT2D eigenvalue weighted by atomic mass is 10.2. The van der Waals surface area contributed by atoms with Crippen molar-refractivity contribution in [2.75, 3.05) is 0 Å². The normalized spacial score (nSPS) is 11.3. The van der Waals surface area contributed by atoms with Crippen LogP contribution in [0.3, 0.4) is 0 Å². The Balaban J connectivity index is 1.51. The molecule has 0 aliphatic rings. The van der Waals surface area contributed by atoms with Crippen LogP contribution in [0.1, 0.15) is 17.1 Å². The van der Waals surface area contributed by atoms with Crippen LogP contribution in [0.25, 0.3) is 22.3 Å². The molecule has 0 saturated carbocycles. The van der Waals surface area contributed by atoms with Gasteiger partial charge in [-0.2, -0.15) is 0 Å². The topological polar surface area (TPSA) is 78.7 Å². The van der Waals surface area contributed by atoms with Gasteiger partial charge in [-0.3, -0.25) is 13.9 Å². The van der Waals surface area contributed by atoms with Crippen LogP contribution >= 0.6 is 11.8 Å². The standard InChI is InChI=1S/C24H21N5O2S/c1-16-18(12-13-31-16)22-26-27-24(29(22)14-17-8-4-3-5-9-17)32-15-21-25-20-11-7-6-10-19(20)23(30)28(21)2/h3-13H,14-15H2,1-2H3. The molecule has 3 heterocycles. The van der Waals surface area contributed by atoms with E-state index in [1.54, 1.807) is 23.9 Å². The van der Waals surface area contributed by atoms with E-state index < -0.39 is 0 Å². The van der Waals surface area contributed by atoms with Crippen molar-refractivity contribution in [1.82, 2.24) is 24.3 Å². The summed E-state index contributed by atoms with van der Waals surface area (Å²) in [5, 5.41) is 10.3. The molecule has 3 aromatic heterocycles. The van der Waals surface area contributed by atoms with Gasteiger partial charge >= 0.3 is 0 Å². The molecule has 0 aliphatic heterocycles. The Labute approximate surface area is 188 Å². The van der Waals surface area contributed by atoms with Gasteiger partial charge in [-0.15, -0.1) is 10.2 Å². The second-order valence-corrected chi connectivity index (χ2v) is 8.41. The molecule has 0 atom stereocenters. The molecule has 32 heavy (non-hydrogen) atoms. The minimum atomic E-state index is -0.0494. The van der Waals surface area contributed by atoms with Crippen LogP contribution in [0.4, 0.5) is 0 Å². The average molecular weight is 444 g/mol. The third-order valence-electron chi connectivity index (χ3n) is 5.41. The summed E-state index contributed by atoms with van der Waals surface area (Å²) in [5.41, 5.74) is 2.71. The highest BCUT2D eigenvalue weighted by Gasteiger charge is 2.19. The predicted octanol–water partition coefficient (Wildman–Crippen LogP) is 4.43. The van der Waals surface area contributed by atoms with Crippen molar-refractivity contribution in [3.63, 3.8) is 0 Å². The maximum atomic E-state index is 12.7. The molecule has 5 rings (SSSR count). The number of thioether (sulfide) groups is 1. The summed E-state index contributed by atoms with van der Waals surface area (Å²) in [7, 11) is 1.76. The third kappa shape index (κ3) is 3.73. The molecule has 0 saturated heterocycles. The van der Waals surface area contributed by atoms with Gasteiger partial charge in [-0.1, -0.05) is 54.2 Å². The van der Waals surface area contributed by atoms with Gasteiger partial charge in [0, 0.05) is 7.05 Å². The van der Waals surface area contributed by atoms with Crippen LogP contribution in [-0.4, -0.2) is 24.3 Å². The van der Waals surface area contributed by atoms with Gasteiger partial charge in [0.05, 0.1) is 35.0 Å². The summed E-state index contributed by atoms with van der Waals surface area (Å²) in [4.78, 5) is 17.4. The first-order chi connectivity index (χ1) is 15.6. The Morgan fingerprint density at radius 1 is 1.00 bits per heavy atom. The fourth-order valence-electron chi connectivity index (χ4n) is 3.64. The molecule has 2 aromatic carbocycles. The van der Waals surface area contributed by atoms with E-state index in [2.05, 4.69) is 26.9 Å². The zero-order valence-electron chi connectivity index (χ0n) is 17.7. The summed E-state index contributed by atoms with van der Waals surface area (Å²) in [5.74, 6) is 2.73. The van der Waals surface area contributed by atoms with E-state index in [4.69, 9.17) is 9.40 Å². The van der Waals surface area contributed by atoms with Gasteiger partial charge in [0.1, 0.15) is 11.6 Å². The highest BCUT2D eigenvalue weighted by molar-refractivity contribution is 7.98. The molecule has 0 N–H and O–H groups in total. The molecule has 0 aliphatic carbocycles. The van der Waals surface area contributed by atoms with E-state index in [0.29, 0.717) is 29.0 Å². The average Bonchev–Trinajstić information content (AvgIpc) is 3.41. The van der Waals surface area contributed by atoms with E-state index in [1.807, 2.05) is 49.4 Å². The molecule has 0 unspecified atom stereocenters. The Kier molecular flexibility index (Phi) is 5.36. The summed E-state index contributed by atoms with van der Waals surface area (Å²) in [6.45, 7) is 2.54. The van der Waals surface area contributed by atoms with Gasteiger partial charge < -0.3 is 4.42 Å². The first-order valence-electron chi connectivity index (χ1n) is 10.2. The lowest BCUT2D eigenvalue weighted by Crippen LogP contribution is -2.22. The smallest absolute Gasteiger partial charge is 0.261 e. The number of hydrogen-bond donors (Lipinski definition) is 0. The molecule has 8 heteroatoms. The van der Waals surface area contributed by atoms with Crippen molar-refractivity contribution >= 4 is 22.7 Å². The van der Waals surface area contributed by atoms with Crippen molar-refractivity contribution in [3.05, 3.63) is 94.4 Å². The van der Waals surface area contributed by atoms with Gasteiger partial charge in [-0.05, 0) is 30.7 Å². The van der Waals surface area contributed by atoms with Crippen molar-refractivity contribution < 1.29 is 4.42 Å². The number of aryl methyl sites for hydroxylation is 1. The number of furan rings is 1. The van der Waals surface area contributed by atoms with Crippen LogP contribution in [0.15, 0.2) is 81.3 Å². The van der Waals surface area contributed by atoms with Crippen LogP contribution in [0, 0.1) is 6.92 Å². The molecule has 160 valence electrons. The summed E-state index contributed by atoms with van der Waals surface area (Å²) < 4.78 is 9.18. The number of benzene rings is 2. The molecule has 0 radical (unpaired) electrons. The number of fused-ring (bicyclic) bond motifs is 1. The summed E-state index contributed by atoms with van der Waals surface area (Å²) >= 11 is 1.51. The van der Waals surface area contributed by atoms with Crippen molar-refractivity contribution in [2.45, 2.75) is 24.4 Å². The SMILES string of the molecule is Cc1occc1-c1nnc(SCc2nc3ccccc3c(=O)n2C)n1Cc1ccccc1. The maximum absolute atomic E-state index is 12.7. The van der Waals surface area contributed by atoms with Gasteiger partial charge in [0.15, 0.2) is 11.0 Å². The largest absolute Gasteiger partial charge is 0.469 e. The molecule has 0 fully saturated rings. The summed E-state index contributed by atoms with van der Waals surface area (Å²) in [6.07, 6.45) is 1.66. The monoisotopic (exact) mass is 443 g/mol. The fourth-order valence-corrected chi connectivity index (χ4v) is 4.56. The molecule has 0 amide bonds. The van der Waals surface area contributed by atoms with Gasteiger partial charge in [0.2, 0.25) is 0 Å². The maximum Gasteiger partial charge on any atom is 0.261 e. The second-order valence-electron chi connectivity index (χ2n) is 7.47. The number of rotatable bonds is 6. The van der Waals surface area contributed by atoms with E-state index in [-0.39, 0.29) is 5.56 Å². The molecular formula is C24H21N5O2S. The zero-order chi connectivity index (χ0) is 22.1. The predicted molar refractivity (Wildman–Crippen MR) is 125 cm³/mol. The van der Waals surface area contributed by atoms with E-state index >= 15 is 0 Å². The fraction of sp³-hybridized carbons (Fsp3) is 0.167. The molecule has 7 nitrogen and oxygen atoms in total. The van der Waals surface area contributed by atoms with Gasteiger partial charge in [0.25, 0.3) is 5.56 Å². The lowest BCUT2D eigenvalue weighted by molar-refractivity contribution is 0.534. The Morgan fingerprint density at radius 3 is 2.56 bits per heavy atom. The lowest BCUT2D eigenvalue weighted by Gasteiger charge is -2.11. The van der Waals surface area contributed by atoms with E-state index in [1.165, 1.54) is 11.8 Å². The van der Waals surface area contributed by atoms with Crippen molar-refractivity contribution in [1.29, 1.82) is 0 Å². The minimum absolute atomic E-state index is 0.0494. The third-order valence-corrected chi connectivity index (χ3v) is 6.37. The molecular weight excluding hydrogens is 422 g/mol. The molecule has 0 bridgehead atoms. The summed E-state index contributed by atoms with van der Waals surface area (Å²) in [6, 6.07) is 19.5. The van der Waals surface area contributed by atoms with Crippen molar-refractivity contribution in [3.8, 4) is 11.4 Å². The van der Waals surface area contributed by atoms with Gasteiger partial charge in [-0.25, -0.2) is 4.98 Å². The Bertz CT molecular complexity index is 1450. The van der Waals surface area contributed by atoms with Crippen LogP contribution in [0.2, 0.25) is 0 Å². The Morgan fingerprint density at radius 2 is 1.78 bits per heavy atom. The van der Waals surface area contributed by atoms with Crippen LogP contribution in [0.5, 0.6) is 0 Å². The van der Waals surface area contributed by atoms with Crippen LogP contribution in [-0.2, 0) is 19.3 Å². The number of hydrogen-bond acceptors (Lipinski definition) is 6. The first kappa shape index (κ1) is 20.3. The molecule has 0 spiro atoms. The first-order valence-corrected chi connectivity index (χ1v) is 11.2. The molecule has 5 aromatic rings. The quantitative estimate of drug-likeness (QED) is 0.361. The number of para-hydroxylation sites is 1. The highest BCUT2D eigenvalue weighted by atomic mass is 32.2. The van der Waals surface area contributed by atoms with Crippen LogP contribution < -0.4 is 5.56 Å². The minimum Gasteiger partial charge on any atom is -0.469 e. The van der Waals surface area contributed by atoms with E-state index in [9.17, 15) is 4.79 Å². The van der Waals surface area contributed by atoms with E-state index in [0.717, 1.165) is 27.9 Å². The van der Waals surface area contributed by atoms with Crippen molar-refractivity contribution in [2.24, 2.45) is 7.05 Å². The zero-order valence-corrected chi connectivity index (χ0v) is 18.5. The number of nitrogens with zero attached hydrogens (tertiary/aromatic N) is 5.